The summed E-state index contributed by atoms with van der Waals surface area (Å²) in [5.74, 6) is -2.91. The number of fused-ring (bicyclic) bond motifs is 1. The number of benzene rings is 1. The van der Waals surface area contributed by atoms with Gasteiger partial charge >= 0.3 is 5.97 Å². The van der Waals surface area contributed by atoms with Crippen molar-refractivity contribution in [3.63, 3.8) is 0 Å². The third kappa shape index (κ3) is 4.52. The molecule has 3 unspecified atom stereocenters. The number of ether oxygens (including phenoxy) is 2. The predicted octanol–water partition coefficient (Wildman–Crippen LogP) is 3.46. The van der Waals surface area contributed by atoms with Crippen molar-refractivity contribution in [1.82, 2.24) is 4.90 Å². The molecule has 1 aromatic carbocycles. The molecule has 8 nitrogen and oxygen atoms in total. The first-order valence-electron chi connectivity index (χ1n) is 13.2. The van der Waals surface area contributed by atoms with Crippen LogP contribution < -0.4 is 4.90 Å². The molecule has 2 bridgehead atoms. The Labute approximate surface area is 232 Å². The summed E-state index contributed by atoms with van der Waals surface area (Å²) in [6.45, 7) is 13.3. The van der Waals surface area contributed by atoms with Gasteiger partial charge in [-0.3, -0.25) is 14.4 Å². The Balaban J connectivity index is 1.82. The van der Waals surface area contributed by atoms with Gasteiger partial charge in [-0.1, -0.05) is 47.1 Å². The van der Waals surface area contributed by atoms with Crippen LogP contribution in [0.15, 0.2) is 43.5 Å². The van der Waals surface area contributed by atoms with Gasteiger partial charge in [-0.05, 0) is 50.3 Å². The average molecular weight is 590 g/mol. The molecule has 206 valence electrons. The minimum absolute atomic E-state index is 0.159. The predicted molar refractivity (Wildman–Crippen MR) is 148 cm³/mol. The Hall–Kier alpha value is -2.49. The second-order valence-corrected chi connectivity index (χ2v) is 11.6. The number of amides is 2. The van der Waals surface area contributed by atoms with E-state index in [-0.39, 0.29) is 36.4 Å². The molecule has 38 heavy (non-hydrogen) atoms. The maximum atomic E-state index is 14.6. The van der Waals surface area contributed by atoms with Gasteiger partial charge in [-0.2, -0.15) is 0 Å². The van der Waals surface area contributed by atoms with Crippen LogP contribution in [-0.2, 0) is 23.9 Å². The van der Waals surface area contributed by atoms with Crippen molar-refractivity contribution in [3.8, 4) is 0 Å². The zero-order valence-corrected chi connectivity index (χ0v) is 23.9. The SMILES string of the molecule is C=CCCOC(=O)[C@H]1[C@@H]2OC3(CC2Br)C(C(=O)N(CC=C)c2cc(C)ccc2C)N([C@@H](CC)CO)C(=O)[C@H]13. The molecule has 3 fully saturated rings. The molecule has 3 heterocycles. The molecule has 0 aromatic heterocycles. The number of aliphatic hydroxyl groups is 1. The fourth-order valence-corrected chi connectivity index (χ4v) is 7.30. The summed E-state index contributed by atoms with van der Waals surface area (Å²) < 4.78 is 12.1. The van der Waals surface area contributed by atoms with Crippen LogP contribution in [0.5, 0.6) is 0 Å². The summed E-state index contributed by atoms with van der Waals surface area (Å²) in [4.78, 5) is 44.9. The largest absolute Gasteiger partial charge is 0.465 e. The molecule has 1 aromatic rings. The molecule has 0 aliphatic carbocycles. The number of hydrogen-bond donors (Lipinski definition) is 1. The molecule has 3 aliphatic rings. The third-order valence-electron chi connectivity index (χ3n) is 8.11. The van der Waals surface area contributed by atoms with Crippen LogP contribution in [-0.4, -0.2) is 76.2 Å². The van der Waals surface area contributed by atoms with E-state index in [9.17, 15) is 19.5 Å². The van der Waals surface area contributed by atoms with E-state index in [1.54, 1.807) is 17.1 Å². The lowest BCUT2D eigenvalue weighted by Gasteiger charge is -2.39. The van der Waals surface area contributed by atoms with Crippen LogP contribution in [0.3, 0.4) is 0 Å². The number of carbonyl (C=O) groups excluding carboxylic acids is 3. The Morgan fingerprint density at radius 3 is 2.71 bits per heavy atom. The standard InChI is InChI=1S/C29H37BrN2O6/c1-6-9-13-37-28(36)22-23-26(34)32(19(8-3)16-33)25(29(23)15-20(30)24(22)38-29)27(35)31(12-7-2)21-14-17(4)10-11-18(21)5/h6-7,10-11,14,19-20,22-25,33H,1-2,8-9,12-13,15-16H2,3-5H3/t19-,20?,22+,23-,24+,25?,29?/m0/s1. The Morgan fingerprint density at radius 1 is 1.34 bits per heavy atom. The van der Waals surface area contributed by atoms with Gasteiger partial charge in [0.1, 0.15) is 11.6 Å². The van der Waals surface area contributed by atoms with Crippen LogP contribution in [0.2, 0.25) is 0 Å². The molecular weight excluding hydrogens is 552 g/mol. The monoisotopic (exact) mass is 588 g/mol. The summed E-state index contributed by atoms with van der Waals surface area (Å²) in [6.07, 6.45) is 4.03. The number of alkyl halides is 1. The Kier molecular flexibility index (Phi) is 8.49. The lowest BCUT2D eigenvalue weighted by molar-refractivity contribution is -0.155. The van der Waals surface area contributed by atoms with Crippen LogP contribution in [0.1, 0.15) is 37.3 Å². The van der Waals surface area contributed by atoms with E-state index < -0.39 is 41.6 Å². The van der Waals surface area contributed by atoms with Gasteiger partial charge in [-0.25, -0.2) is 0 Å². The van der Waals surface area contributed by atoms with E-state index in [0.717, 1.165) is 16.8 Å². The van der Waals surface area contributed by atoms with Crippen molar-refractivity contribution in [2.24, 2.45) is 11.8 Å². The van der Waals surface area contributed by atoms with Gasteiger partial charge in [0.25, 0.3) is 5.91 Å². The summed E-state index contributed by atoms with van der Waals surface area (Å²) in [5, 5.41) is 10.3. The molecule has 9 heteroatoms. The number of anilines is 1. The van der Waals surface area contributed by atoms with Gasteiger partial charge in [0.15, 0.2) is 0 Å². The number of aryl methyl sites for hydroxylation is 2. The number of aliphatic hydroxyl groups excluding tert-OH is 1. The first-order valence-corrected chi connectivity index (χ1v) is 14.1. The maximum absolute atomic E-state index is 14.6. The van der Waals surface area contributed by atoms with Gasteiger partial charge in [0, 0.05) is 17.1 Å². The van der Waals surface area contributed by atoms with Gasteiger partial charge in [0.05, 0.1) is 37.2 Å². The van der Waals surface area contributed by atoms with E-state index in [4.69, 9.17) is 9.47 Å². The van der Waals surface area contributed by atoms with Crippen LogP contribution >= 0.6 is 15.9 Å². The van der Waals surface area contributed by atoms with Crippen molar-refractivity contribution in [1.29, 1.82) is 0 Å². The normalized spacial score (nSPS) is 30.2. The molecule has 2 amide bonds. The van der Waals surface area contributed by atoms with Crippen LogP contribution in [0, 0.1) is 25.7 Å². The highest BCUT2D eigenvalue weighted by atomic mass is 79.9. The number of esters is 1. The number of hydrogen-bond acceptors (Lipinski definition) is 6. The second kappa shape index (κ2) is 11.3. The summed E-state index contributed by atoms with van der Waals surface area (Å²) in [5.41, 5.74) is 1.39. The second-order valence-electron chi connectivity index (χ2n) is 10.4. The van der Waals surface area contributed by atoms with E-state index in [0.29, 0.717) is 19.3 Å². The number of carbonyl (C=O) groups is 3. The van der Waals surface area contributed by atoms with Crippen molar-refractivity contribution >= 4 is 39.4 Å². The molecule has 0 saturated carbocycles. The van der Waals surface area contributed by atoms with Gasteiger partial charge in [-0.15, -0.1) is 13.2 Å². The minimum atomic E-state index is -1.23. The quantitative estimate of drug-likeness (QED) is 0.184. The summed E-state index contributed by atoms with van der Waals surface area (Å²) in [7, 11) is 0. The number of likely N-dealkylation sites (tertiary alicyclic amines) is 1. The average Bonchev–Trinajstić information content (AvgIpc) is 3.48. The molecular formula is C29H37BrN2O6. The molecule has 1 N–H and O–H groups in total. The molecule has 7 atom stereocenters. The van der Waals surface area contributed by atoms with E-state index in [1.165, 1.54) is 4.90 Å². The molecule has 3 aliphatic heterocycles. The van der Waals surface area contributed by atoms with Crippen molar-refractivity contribution < 1.29 is 29.0 Å². The highest BCUT2D eigenvalue weighted by Gasteiger charge is 2.77. The van der Waals surface area contributed by atoms with Crippen LogP contribution in [0.4, 0.5) is 5.69 Å². The van der Waals surface area contributed by atoms with Crippen molar-refractivity contribution in [2.75, 3.05) is 24.7 Å². The lowest BCUT2D eigenvalue weighted by Crippen LogP contribution is -2.59. The molecule has 4 rings (SSSR count). The van der Waals surface area contributed by atoms with Crippen molar-refractivity contribution in [3.05, 3.63) is 54.6 Å². The van der Waals surface area contributed by atoms with Crippen LogP contribution in [0.25, 0.3) is 0 Å². The topological polar surface area (TPSA) is 96.4 Å². The molecule has 0 radical (unpaired) electrons. The number of halogens is 1. The van der Waals surface area contributed by atoms with E-state index in [2.05, 4.69) is 29.1 Å². The van der Waals surface area contributed by atoms with Gasteiger partial charge < -0.3 is 24.4 Å². The fourth-order valence-electron chi connectivity index (χ4n) is 6.36. The first kappa shape index (κ1) is 28.5. The summed E-state index contributed by atoms with van der Waals surface area (Å²) in [6, 6.07) is 4.25. The van der Waals surface area contributed by atoms with Crippen molar-refractivity contribution in [2.45, 2.75) is 68.6 Å². The van der Waals surface area contributed by atoms with E-state index in [1.807, 2.05) is 39.0 Å². The molecule has 3 saturated heterocycles. The third-order valence-corrected chi connectivity index (χ3v) is 8.95. The highest BCUT2D eigenvalue weighted by Crippen LogP contribution is 2.61. The van der Waals surface area contributed by atoms with Gasteiger partial charge in [0.2, 0.25) is 5.91 Å². The first-order chi connectivity index (χ1) is 18.2. The fraction of sp³-hybridized carbons (Fsp3) is 0.552. The molecule has 1 spiro atoms. The summed E-state index contributed by atoms with van der Waals surface area (Å²) >= 11 is 3.67. The number of nitrogens with zero attached hydrogens (tertiary/aromatic N) is 2. The lowest BCUT2D eigenvalue weighted by atomic mass is 9.70. The Morgan fingerprint density at radius 2 is 2.08 bits per heavy atom. The maximum Gasteiger partial charge on any atom is 0.312 e. The Bertz CT molecular complexity index is 1120. The highest BCUT2D eigenvalue weighted by molar-refractivity contribution is 9.09. The minimum Gasteiger partial charge on any atom is -0.465 e. The zero-order valence-electron chi connectivity index (χ0n) is 22.3. The van der Waals surface area contributed by atoms with E-state index >= 15 is 0 Å². The smallest absolute Gasteiger partial charge is 0.312 e. The zero-order chi connectivity index (χ0) is 27.8. The number of rotatable bonds is 11.